The minimum absolute atomic E-state index is 0.0369. The molecule has 0 saturated carbocycles. The van der Waals surface area contributed by atoms with Crippen molar-refractivity contribution < 1.29 is 9.13 Å². The van der Waals surface area contributed by atoms with E-state index in [0.717, 1.165) is 6.20 Å². The van der Waals surface area contributed by atoms with Crippen LogP contribution in [0, 0.1) is 5.82 Å². The molecule has 2 heterocycles. The Hall–Kier alpha value is -2.24. The molecule has 0 aliphatic rings. The minimum Gasteiger partial charge on any atom is -0.490 e. The average Bonchev–Trinajstić information content (AvgIpc) is 2.28. The van der Waals surface area contributed by atoms with Crippen LogP contribution in [0.25, 0.3) is 11.3 Å². The maximum atomic E-state index is 13.0. The zero-order valence-corrected chi connectivity index (χ0v) is 8.40. The van der Waals surface area contributed by atoms with E-state index < -0.39 is 11.4 Å². The topological polar surface area (TPSA) is 67.9 Å². The van der Waals surface area contributed by atoms with E-state index >= 15 is 0 Å². The lowest BCUT2D eigenvalue weighted by molar-refractivity contribution is 0.408. The number of halogens is 1. The molecule has 0 fully saturated rings. The average molecular weight is 221 g/mol. The summed E-state index contributed by atoms with van der Waals surface area (Å²) in [7, 11) is 1.35. The standard InChI is InChI=1S/C10H8FN3O2/c1-16-9-8(13-5-14-10(9)15)6-2-7(11)4-12-3-6/h2-5H,1H3,(H,13,14,15). The highest BCUT2D eigenvalue weighted by Gasteiger charge is 2.11. The van der Waals surface area contributed by atoms with Crippen molar-refractivity contribution in [2.75, 3.05) is 7.11 Å². The van der Waals surface area contributed by atoms with E-state index in [0.29, 0.717) is 5.56 Å². The van der Waals surface area contributed by atoms with E-state index in [-0.39, 0.29) is 11.4 Å². The molecule has 6 heteroatoms. The highest BCUT2D eigenvalue weighted by molar-refractivity contribution is 5.64. The number of ether oxygens (including phenoxy) is 1. The first-order chi connectivity index (χ1) is 7.72. The van der Waals surface area contributed by atoms with E-state index in [2.05, 4.69) is 15.0 Å². The number of methoxy groups -OCH3 is 1. The smallest absolute Gasteiger partial charge is 0.293 e. The number of nitrogens with zero attached hydrogens (tertiary/aromatic N) is 2. The van der Waals surface area contributed by atoms with E-state index in [1.54, 1.807) is 0 Å². The fraction of sp³-hybridized carbons (Fsp3) is 0.100. The Labute approximate surface area is 90.0 Å². The molecule has 0 saturated heterocycles. The van der Waals surface area contributed by atoms with Crippen LogP contribution in [-0.4, -0.2) is 22.1 Å². The van der Waals surface area contributed by atoms with Gasteiger partial charge in [-0.15, -0.1) is 0 Å². The van der Waals surface area contributed by atoms with Crippen LogP contribution in [-0.2, 0) is 0 Å². The van der Waals surface area contributed by atoms with Gasteiger partial charge in [0.15, 0.2) is 0 Å². The quantitative estimate of drug-likeness (QED) is 0.820. The summed E-state index contributed by atoms with van der Waals surface area (Å²) in [6.45, 7) is 0. The number of pyridine rings is 1. The van der Waals surface area contributed by atoms with Gasteiger partial charge in [-0.2, -0.15) is 0 Å². The second kappa shape index (κ2) is 4.09. The summed E-state index contributed by atoms with van der Waals surface area (Å²) in [5, 5.41) is 0. The van der Waals surface area contributed by atoms with Gasteiger partial charge >= 0.3 is 0 Å². The van der Waals surface area contributed by atoms with Crippen LogP contribution in [0.15, 0.2) is 29.6 Å². The van der Waals surface area contributed by atoms with E-state index in [9.17, 15) is 9.18 Å². The number of hydrogen-bond donors (Lipinski definition) is 1. The van der Waals surface area contributed by atoms with Gasteiger partial charge in [-0.25, -0.2) is 9.37 Å². The summed E-state index contributed by atoms with van der Waals surface area (Å²) in [5.74, 6) is -0.462. The Morgan fingerprint density at radius 2 is 2.25 bits per heavy atom. The Balaban J connectivity index is 2.64. The second-order valence-electron chi connectivity index (χ2n) is 3.01. The molecule has 16 heavy (non-hydrogen) atoms. The van der Waals surface area contributed by atoms with Gasteiger partial charge in [0.25, 0.3) is 5.56 Å². The predicted molar refractivity (Wildman–Crippen MR) is 54.6 cm³/mol. The molecule has 0 aliphatic carbocycles. The molecule has 5 nitrogen and oxygen atoms in total. The number of hydrogen-bond acceptors (Lipinski definition) is 4. The summed E-state index contributed by atoms with van der Waals surface area (Å²) in [5.41, 5.74) is 0.234. The fourth-order valence-corrected chi connectivity index (χ4v) is 1.32. The molecule has 2 aromatic heterocycles. The van der Waals surface area contributed by atoms with Crippen LogP contribution in [0.3, 0.4) is 0 Å². The van der Waals surface area contributed by atoms with Crippen LogP contribution in [0.4, 0.5) is 4.39 Å². The van der Waals surface area contributed by atoms with Gasteiger partial charge in [0.1, 0.15) is 11.5 Å². The Morgan fingerprint density at radius 1 is 1.44 bits per heavy atom. The van der Waals surface area contributed by atoms with E-state index in [4.69, 9.17) is 4.74 Å². The molecule has 0 atom stereocenters. The molecule has 0 aliphatic heterocycles. The van der Waals surface area contributed by atoms with Crippen molar-refractivity contribution in [2.45, 2.75) is 0 Å². The zero-order chi connectivity index (χ0) is 11.5. The van der Waals surface area contributed by atoms with Crippen LogP contribution in [0.1, 0.15) is 0 Å². The van der Waals surface area contributed by atoms with Crippen molar-refractivity contribution in [2.24, 2.45) is 0 Å². The first-order valence-electron chi connectivity index (χ1n) is 4.45. The third kappa shape index (κ3) is 1.77. The maximum absolute atomic E-state index is 13.0. The van der Waals surface area contributed by atoms with Crippen molar-refractivity contribution in [3.05, 3.63) is 41.0 Å². The van der Waals surface area contributed by atoms with Gasteiger partial charge in [-0.1, -0.05) is 0 Å². The molecule has 1 N–H and O–H groups in total. The molecule has 0 aromatic carbocycles. The van der Waals surface area contributed by atoms with Crippen LogP contribution < -0.4 is 10.3 Å². The molecule has 2 rings (SSSR count). The van der Waals surface area contributed by atoms with Crippen molar-refractivity contribution in [1.29, 1.82) is 0 Å². The van der Waals surface area contributed by atoms with Crippen molar-refractivity contribution in [1.82, 2.24) is 15.0 Å². The lowest BCUT2D eigenvalue weighted by atomic mass is 10.2. The first-order valence-corrected chi connectivity index (χ1v) is 4.45. The van der Waals surface area contributed by atoms with Gasteiger partial charge in [-0.05, 0) is 6.07 Å². The zero-order valence-electron chi connectivity index (χ0n) is 8.40. The molecule has 0 spiro atoms. The Kier molecular flexibility index (Phi) is 2.63. The van der Waals surface area contributed by atoms with Crippen molar-refractivity contribution >= 4 is 0 Å². The van der Waals surface area contributed by atoms with Crippen LogP contribution in [0.5, 0.6) is 5.75 Å². The van der Waals surface area contributed by atoms with Gasteiger partial charge in [0.05, 0.1) is 19.6 Å². The second-order valence-corrected chi connectivity index (χ2v) is 3.01. The minimum atomic E-state index is -0.498. The maximum Gasteiger partial charge on any atom is 0.293 e. The highest BCUT2D eigenvalue weighted by Crippen LogP contribution is 2.23. The van der Waals surface area contributed by atoms with Crippen LogP contribution in [0.2, 0.25) is 0 Å². The summed E-state index contributed by atoms with van der Waals surface area (Å²) in [4.78, 5) is 21.4. The number of aromatic amines is 1. The third-order valence-corrected chi connectivity index (χ3v) is 1.99. The van der Waals surface area contributed by atoms with Crippen LogP contribution >= 0.6 is 0 Å². The molecular weight excluding hydrogens is 213 g/mol. The van der Waals surface area contributed by atoms with Crippen molar-refractivity contribution in [3.8, 4) is 17.0 Å². The van der Waals surface area contributed by atoms with Gasteiger partial charge in [0, 0.05) is 11.8 Å². The summed E-state index contributed by atoms with van der Waals surface area (Å²) < 4.78 is 17.9. The molecule has 82 valence electrons. The van der Waals surface area contributed by atoms with Crippen molar-refractivity contribution in [3.63, 3.8) is 0 Å². The normalized spacial score (nSPS) is 10.1. The van der Waals surface area contributed by atoms with E-state index in [1.807, 2.05) is 0 Å². The molecule has 0 radical (unpaired) electrons. The lowest BCUT2D eigenvalue weighted by Crippen LogP contribution is -2.11. The van der Waals surface area contributed by atoms with Gasteiger partial charge in [0.2, 0.25) is 5.75 Å². The fourth-order valence-electron chi connectivity index (χ4n) is 1.32. The Morgan fingerprint density at radius 3 is 2.94 bits per heavy atom. The number of H-pyrrole nitrogens is 1. The summed E-state index contributed by atoms with van der Waals surface area (Å²) in [6.07, 6.45) is 3.71. The van der Waals surface area contributed by atoms with Gasteiger partial charge < -0.3 is 9.72 Å². The number of nitrogens with one attached hydrogen (secondary N) is 1. The van der Waals surface area contributed by atoms with E-state index in [1.165, 1.54) is 25.7 Å². The lowest BCUT2D eigenvalue weighted by Gasteiger charge is -2.05. The SMILES string of the molecule is COc1c(-c2cncc(F)c2)nc[nH]c1=O. The molecule has 0 bridgehead atoms. The first kappa shape index (κ1) is 10.3. The number of rotatable bonds is 2. The summed E-state index contributed by atoms with van der Waals surface area (Å²) in [6, 6.07) is 1.23. The Bertz CT molecular complexity index is 568. The highest BCUT2D eigenvalue weighted by atomic mass is 19.1. The number of aromatic nitrogens is 3. The molecule has 0 amide bonds. The largest absolute Gasteiger partial charge is 0.490 e. The predicted octanol–water partition coefficient (Wildman–Crippen LogP) is 0.980. The van der Waals surface area contributed by atoms with Gasteiger partial charge in [-0.3, -0.25) is 9.78 Å². The molecular formula is C10H8FN3O2. The molecule has 2 aromatic rings. The summed E-state index contributed by atoms with van der Waals surface area (Å²) >= 11 is 0. The molecule has 0 unspecified atom stereocenters. The monoisotopic (exact) mass is 221 g/mol. The third-order valence-electron chi connectivity index (χ3n) is 1.99.